The molecule has 1 rings (SSSR count). The summed E-state index contributed by atoms with van der Waals surface area (Å²) in [6.07, 6.45) is -0.342. The van der Waals surface area contributed by atoms with Gasteiger partial charge in [0, 0.05) is 5.02 Å². The molecular weight excluding hydrogens is 259 g/mol. The van der Waals surface area contributed by atoms with Crippen LogP contribution in [-0.2, 0) is 13.6 Å². The zero-order chi connectivity index (χ0) is 13.1. The number of rotatable bonds is 5. The van der Waals surface area contributed by atoms with E-state index in [2.05, 4.69) is 0 Å². The molecule has 0 aromatic heterocycles. The minimum atomic E-state index is -3.26. The Balaban J connectivity index is 3.05. The molecule has 17 heavy (non-hydrogen) atoms. The maximum Gasteiger partial charge on any atom is 0.361 e. The molecular formula is C12H18ClO3P. The maximum atomic E-state index is 12.7. The summed E-state index contributed by atoms with van der Waals surface area (Å²) >= 11 is 5.80. The molecule has 0 aliphatic rings. The van der Waals surface area contributed by atoms with Gasteiger partial charge in [-0.05, 0) is 52.0 Å². The predicted octanol–water partition coefficient (Wildman–Crippen LogP) is 4.01. The topological polar surface area (TPSA) is 35.5 Å². The smallest absolute Gasteiger partial charge is 0.302 e. The molecule has 96 valence electrons. The maximum absolute atomic E-state index is 12.7. The fourth-order valence-corrected chi connectivity index (χ4v) is 3.37. The monoisotopic (exact) mass is 276 g/mol. The average molecular weight is 277 g/mol. The van der Waals surface area contributed by atoms with Crippen LogP contribution in [0.1, 0.15) is 27.7 Å². The first-order valence-electron chi connectivity index (χ1n) is 5.56. The highest BCUT2D eigenvalue weighted by Crippen LogP contribution is 2.49. The van der Waals surface area contributed by atoms with E-state index in [9.17, 15) is 4.57 Å². The second-order valence-electron chi connectivity index (χ2n) is 4.28. The largest absolute Gasteiger partial charge is 0.361 e. The summed E-state index contributed by atoms with van der Waals surface area (Å²) in [6.45, 7) is 7.30. The van der Waals surface area contributed by atoms with E-state index in [1.54, 1.807) is 24.3 Å². The predicted molar refractivity (Wildman–Crippen MR) is 71.1 cm³/mol. The third-order valence-corrected chi connectivity index (χ3v) is 4.42. The Labute approximate surface area is 108 Å². The van der Waals surface area contributed by atoms with Gasteiger partial charge in [-0.15, -0.1) is 0 Å². The van der Waals surface area contributed by atoms with Crippen LogP contribution < -0.4 is 5.30 Å². The first-order chi connectivity index (χ1) is 7.83. The van der Waals surface area contributed by atoms with Gasteiger partial charge in [0.1, 0.15) is 0 Å². The molecule has 3 nitrogen and oxygen atoms in total. The minimum Gasteiger partial charge on any atom is -0.302 e. The first kappa shape index (κ1) is 14.7. The molecule has 0 heterocycles. The molecule has 0 spiro atoms. The minimum absolute atomic E-state index is 0.171. The van der Waals surface area contributed by atoms with Gasteiger partial charge >= 0.3 is 7.60 Å². The van der Waals surface area contributed by atoms with E-state index < -0.39 is 7.60 Å². The molecule has 0 bridgehead atoms. The highest BCUT2D eigenvalue weighted by atomic mass is 35.5. The van der Waals surface area contributed by atoms with Crippen LogP contribution in [0, 0.1) is 0 Å². The van der Waals surface area contributed by atoms with Gasteiger partial charge in [-0.1, -0.05) is 11.6 Å². The van der Waals surface area contributed by atoms with Gasteiger partial charge in [0.15, 0.2) is 0 Å². The normalized spacial score (nSPS) is 12.4. The fraction of sp³-hybridized carbons (Fsp3) is 0.500. The molecule has 0 aliphatic heterocycles. The summed E-state index contributed by atoms with van der Waals surface area (Å²) in [4.78, 5) is 0. The molecule has 1 aromatic rings. The molecule has 1 aromatic carbocycles. The van der Waals surface area contributed by atoms with E-state index in [4.69, 9.17) is 20.6 Å². The Hall–Kier alpha value is -0.340. The lowest BCUT2D eigenvalue weighted by atomic mass is 10.4. The lowest BCUT2D eigenvalue weighted by Crippen LogP contribution is -2.16. The van der Waals surface area contributed by atoms with E-state index in [1.807, 2.05) is 27.7 Å². The Kier molecular flexibility index (Phi) is 5.21. The van der Waals surface area contributed by atoms with Crippen molar-refractivity contribution in [1.29, 1.82) is 0 Å². The Morgan fingerprint density at radius 2 is 1.41 bits per heavy atom. The molecule has 0 amide bonds. The van der Waals surface area contributed by atoms with Crippen LogP contribution in [0.2, 0.25) is 5.02 Å². The Morgan fingerprint density at radius 1 is 1.00 bits per heavy atom. The molecule has 0 unspecified atom stereocenters. The molecule has 0 saturated heterocycles. The van der Waals surface area contributed by atoms with E-state index in [0.717, 1.165) is 0 Å². The first-order valence-corrected chi connectivity index (χ1v) is 7.48. The van der Waals surface area contributed by atoms with Crippen molar-refractivity contribution in [3.05, 3.63) is 29.3 Å². The summed E-state index contributed by atoms with van der Waals surface area (Å²) < 4.78 is 23.6. The zero-order valence-electron chi connectivity index (χ0n) is 10.5. The van der Waals surface area contributed by atoms with Crippen molar-refractivity contribution >= 4 is 24.5 Å². The molecule has 5 heteroatoms. The van der Waals surface area contributed by atoms with Gasteiger partial charge in [0.05, 0.1) is 17.5 Å². The van der Waals surface area contributed by atoms with Gasteiger partial charge in [0.2, 0.25) is 0 Å². The Bertz CT molecular complexity index is 387. The highest BCUT2D eigenvalue weighted by molar-refractivity contribution is 7.62. The highest BCUT2D eigenvalue weighted by Gasteiger charge is 2.30. The van der Waals surface area contributed by atoms with E-state index >= 15 is 0 Å². The lowest BCUT2D eigenvalue weighted by Gasteiger charge is -2.22. The van der Waals surface area contributed by atoms with Crippen molar-refractivity contribution in [1.82, 2.24) is 0 Å². The van der Waals surface area contributed by atoms with E-state index in [0.29, 0.717) is 10.3 Å². The average Bonchev–Trinajstić information content (AvgIpc) is 2.15. The second-order valence-corrected chi connectivity index (χ2v) is 6.65. The molecule has 0 aliphatic carbocycles. The number of benzene rings is 1. The molecule has 0 radical (unpaired) electrons. The van der Waals surface area contributed by atoms with Gasteiger partial charge < -0.3 is 9.05 Å². The van der Waals surface area contributed by atoms with Crippen molar-refractivity contribution in [2.24, 2.45) is 0 Å². The van der Waals surface area contributed by atoms with E-state index in [-0.39, 0.29) is 12.2 Å². The van der Waals surface area contributed by atoms with Crippen LogP contribution in [-0.4, -0.2) is 12.2 Å². The van der Waals surface area contributed by atoms with Gasteiger partial charge in [-0.25, -0.2) is 0 Å². The molecule has 0 N–H and O–H groups in total. The van der Waals surface area contributed by atoms with Crippen LogP contribution in [0.15, 0.2) is 24.3 Å². The van der Waals surface area contributed by atoms with Crippen molar-refractivity contribution < 1.29 is 13.6 Å². The standard InChI is InChI=1S/C12H18ClO3P/c1-9(2)15-17(14,16-10(3)4)12-7-5-11(13)6-8-12/h5-10H,1-4H3. The summed E-state index contributed by atoms with van der Waals surface area (Å²) in [6, 6.07) is 6.70. The Morgan fingerprint density at radius 3 is 1.76 bits per heavy atom. The SMILES string of the molecule is CC(C)OP(=O)(OC(C)C)c1ccc(Cl)cc1. The number of hydrogen-bond acceptors (Lipinski definition) is 3. The third kappa shape index (κ3) is 4.44. The molecule has 0 saturated carbocycles. The number of halogens is 1. The quantitative estimate of drug-likeness (QED) is 0.762. The molecule has 0 fully saturated rings. The van der Waals surface area contributed by atoms with Crippen molar-refractivity contribution in [2.75, 3.05) is 0 Å². The number of hydrogen-bond donors (Lipinski definition) is 0. The van der Waals surface area contributed by atoms with Crippen LogP contribution in [0.25, 0.3) is 0 Å². The summed E-state index contributed by atoms with van der Waals surface area (Å²) in [5.74, 6) is 0. The molecule has 0 atom stereocenters. The van der Waals surface area contributed by atoms with Crippen molar-refractivity contribution in [2.45, 2.75) is 39.9 Å². The third-order valence-electron chi connectivity index (χ3n) is 1.84. The zero-order valence-corrected chi connectivity index (χ0v) is 12.2. The van der Waals surface area contributed by atoms with Crippen LogP contribution in [0.5, 0.6) is 0 Å². The fourth-order valence-electron chi connectivity index (χ4n) is 1.33. The van der Waals surface area contributed by atoms with Crippen LogP contribution >= 0.6 is 19.2 Å². The summed E-state index contributed by atoms with van der Waals surface area (Å²) in [5.41, 5.74) is 0. The van der Waals surface area contributed by atoms with Crippen molar-refractivity contribution in [3.63, 3.8) is 0 Å². The van der Waals surface area contributed by atoms with Crippen LogP contribution in [0.4, 0.5) is 0 Å². The van der Waals surface area contributed by atoms with Crippen LogP contribution in [0.3, 0.4) is 0 Å². The second kappa shape index (κ2) is 6.01. The van der Waals surface area contributed by atoms with E-state index in [1.165, 1.54) is 0 Å². The van der Waals surface area contributed by atoms with Gasteiger partial charge in [-0.3, -0.25) is 4.57 Å². The summed E-state index contributed by atoms with van der Waals surface area (Å²) in [7, 11) is -3.26. The lowest BCUT2D eigenvalue weighted by molar-refractivity contribution is 0.150. The van der Waals surface area contributed by atoms with Gasteiger partial charge in [0.25, 0.3) is 0 Å². The van der Waals surface area contributed by atoms with Crippen molar-refractivity contribution in [3.8, 4) is 0 Å². The van der Waals surface area contributed by atoms with Gasteiger partial charge in [-0.2, -0.15) is 0 Å². The summed E-state index contributed by atoms with van der Waals surface area (Å²) in [5, 5.41) is 1.12.